The van der Waals surface area contributed by atoms with Crippen LogP contribution in [0.15, 0.2) is 24.3 Å². The van der Waals surface area contributed by atoms with E-state index >= 15 is 0 Å². The Morgan fingerprint density at radius 2 is 2.07 bits per heavy atom. The van der Waals surface area contributed by atoms with Crippen molar-refractivity contribution in [3.8, 4) is 5.75 Å². The summed E-state index contributed by atoms with van der Waals surface area (Å²) in [6, 6.07) is 8.13. The smallest absolute Gasteiger partial charge is 0.122 e. The molecule has 3 heteroatoms. The average Bonchev–Trinajstić information content (AvgIpc) is 2.26. The van der Waals surface area contributed by atoms with E-state index in [1.807, 2.05) is 18.2 Å². The third-order valence-electron chi connectivity index (χ3n) is 2.20. The molecule has 1 aromatic rings. The van der Waals surface area contributed by atoms with E-state index in [4.69, 9.17) is 4.74 Å². The van der Waals surface area contributed by atoms with Gasteiger partial charge in [0.05, 0.1) is 7.11 Å². The van der Waals surface area contributed by atoms with E-state index in [1.165, 1.54) is 5.56 Å². The van der Waals surface area contributed by atoms with Crippen LogP contribution in [0.25, 0.3) is 0 Å². The van der Waals surface area contributed by atoms with Crippen LogP contribution in [0, 0.1) is 0 Å². The quantitative estimate of drug-likeness (QED) is 0.591. The highest BCUT2D eigenvalue weighted by Crippen LogP contribution is 2.17. The van der Waals surface area contributed by atoms with Crippen LogP contribution in [0.4, 0.5) is 0 Å². The van der Waals surface area contributed by atoms with Crippen molar-refractivity contribution in [2.45, 2.75) is 6.42 Å². The van der Waals surface area contributed by atoms with Gasteiger partial charge in [-0.15, -0.1) is 0 Å². The minimum atomic E-state index is 0.787. The van der Waals surface area contributed by atoms with Gasteiger partial charge in [0.15, 0.2) is 0 Å². The highest BCUT2D eigenvalue weighted by atomic mass is 32.1. The van der Waals surface area contributed by atoms with Gasteiger partial charge < -0.3 is 4.74 Å². The molecule has 0 unspecified atom stereocenters. The van der Waals surface area contributed by atoms with Crippen LogP contribution in [0.5, 0.6) is 5.75 Å². The lowest BCUT2D eigenvalue weighted by Crippen LogP contribution is -2.19. The molecule has 78 valence electrons. The Balaban J connectivity index is 2.57. The molecule has 0 spiro atoms. The highest BCUT2D eigenvalue weighted by Gasteiger charge is 2.02. The molecule has 0 heterocycles. The molecule has 0 saturated carbocycles. The van der Waals surface area contributed by atoms with Gasteiger partial charge in [-0.1, -0.05) is 18.2 Å². The molecule has 0 amide bonds. The highest BCUT2D eigenvalue weighted by molar-refractivity contribution is 7.80. The number of ether oxygens (including phenoxy) is 1. The Morgan fingerprint density at radius 3 is 2.71 bits per heavy atom. The molecule has 0 bridgehead atoms. The zero-order valence-corrected chi connectivity index (χ0v) is 9.63. The van der Waals surface area contributed by atoms with Gasteiger partial charge >= 0.3 is 0 Å². The van der Waals surface area contributed by atoms with Crippen LogP contribution in [0.1, 0.15) is 5.56 Å². The van der Waals surface area contributed by atoms with Gasteiger partial charge in [-0.05, 0) is 25.1 Å². The van der Waals surface area contributed by atoms with Gasteiger partial charge in [-0.2, -0.15) is 12.6 Å². The largest absolute Gasteiger partial charge is 0.496 e. The first-order chi connectivity index (χ1) is 6.77. The lowest BCUT2D eigenvalue weighted by atomic mass is 10.1. The molecule has 2 nitrogen and oxygen atoms in total. The van der Waals surface area contributed by atoms with Gasteiger partial charge in [0, 0.05) is 12.4 Å². The van der Waals surface area contributed by atoms with Crippen LogP contribution in [0.3, 0.4) is 0 Å². The van der Waals surface area contributed by atoms with Crippen LogP contribution < -0.4 is 4.74 Å². The van der Waals surface area contributed by atoms with Gasteiger partial charge in [0.2, 0.25) is 0 Å². The summed E-state index contributed by atoms with van der Waals surface area (Å²) >= 11 is 4.21. The van der Waals surface area contributed by atoms with Crippen LogP contribution in [0.2, 0.25) is 0 Å². The zero-order valence-electron chi connectivity index (χ0n) is 8.73. The van der Waals surface area contributed by atoms with E-state index in [0.29, 0.717) is 0 Å². The predicted octanol–water partition coefficient (Wildman–Crippen LogP) is 2.06. The molecular weight excluding hydrogens is 194 g/mol. The molecule has 1 aromatic carbocycles. The van der Waals surface area contributed by atoms with Crippen LogP contribution in [-0.4, -0.2) is 31.5 Å². The standard InChI is InChI=1S/C11H17NOS/c1-12(9-14)8-7-10-5-3-4-6-11(10)13-2/h3-6,14H,7-9H2,1-2H3. The van der Waals surface area contributed by atoms with Gasteiger partial charge in [0.1, 0.15) is 5.75 Å². The fourth-order valence-corrected chi connectivity index (χ4v) is 1.43. The number of likely N-dealkylation sites (N-methyl/N-ethyl adjacent to an activating group) is 1. The number of hydrogen-bond donors (Lipinski definition) is 1. The Morgan fingerprint density at radius 1 is 1.36 bits per heavy atom. The number of methoxy groups -OCH3 is 1. The van der Waals surface area contributed by atoms with Crippen molar-refractivity contribution in [2.75, 3.05) is 26.6 Å². The van der Waals surface area contributed by atoms with E-state index in [9.17, 15) is 0 Å². The summed E-state index contributed by atoms with van der Waals surface area (Å²) in [4.78, 5) is 2.16. The Bertz CT molecular complexity index is 278. The molecule has 0 aliphatic carbocycles. The normalized spacial score (nSPS) is 10.6. The van der Waals surface area contributed by atoms with Crippen molar-refractivity contribution in [1.29, 1.82) is 0 Å². The van der Waals surface area contributed by atoms with Crippen molar-refractivity contribution in [3.63, 3.8) is 0 Å². The molecule has 0 aromatic heterocycles. The van der Waals surface area contributed by atoms with Crippen LogP contribution in [-0.2, 0) is 6.42 Å². The van der Waals surface area contributed by atoms with Crippen molar-refractivity contribution >= 4 is 12.6 Å². The fourth-order valence-electron chi connectivity index (χ4n) is 1.29. The van der Waals surface area contributed by atoms with Crippen molar-refractivity contribution < 1.29 is 4.74 Å². The molecule has 0 N–H and O–H groups in total. The lowest BCUT2D eigenvalue weighted by Gasteiger charge is -2.14. The second-order valence-electron chi connectivity index (χ2n) is 3.28. The summed E-state index contributed by atoms with van der Waals surface area (Å²) < 4.78 is 5.27. The second kappa shape index (κ2) is 5.94. The van der Waals surface area contributed by atoms with Gasteiger partial charge in [0.25, 0.3) is 0 Å². The summed E-state index contributed by atoms with van der Waals surface area (Å²) in [5, 5.41) is 0. The maximum atomic E-state index is 5.27. The van der Waals surface area contributed by atoms with Gasteiger partial charge in [-0.25, -0.2) is 0 Å². The third kappa shape index (κ3) is 3.24. The number of benzene rings is 1. The van der Waals surface area contributed by atoms with Gasteiger partial charge in [-0.3, -0.25) is 4.90 Å². The van der Waals surface area contributed by atoms with E-state index in [0.717, 1.165) is 24.6 Å². The second-order valence-corrected chi connectivity index (χ2v) is 3.57. The minimum Gasteiger partial charge on any atom is -0.496 e. The summed E-state index contributed by atoms with van der Waals surface area (Å²) in [6.45, 7) is 1.00. The number of para-hydroxylation sites is 1. The summed E-state index contributed by atoms with van der Waals surface area (Å²) in [6.07, 6.45) is 1.00. The Hall–Kier alpha value is -0.670. The maximum Gasteiger partial charge on any atom is 0.122 e. The molecule has 0 aliphatic heterocycles. The number of hydrogen-bond acceptors (Lipinski definition) is 3. The SMILES string of the molecule is COc1ccccc1CCN(C)CS. The number of thiol groups is 1. The zero-order chi connectivity index (χ0) is 10.4. The number of nitrogens with zero attached hydrogens (tertiary/aromatic N) is 1. The maximum absolute atomic E-state index is 5.27. The first kappa shape index (κ1) is 11.4. The van der Waals surface area contributed by atoms with E-state index in [2.05, 4.69) is 30.6 Å². The van der Waals surface area contributed by atoms with E-state index in [-0.39, 0.29) is 0 Å². The molecule has 0 fully saturated rings. The van der Waals surface area contributed by atoms with Crippen LogP contribution >= 0.6 is 12.6 Å². The third-order valence-corrected chi connectivity index (χ3v) is 2.68. The summed E-state index contributed by atoms with van der Waals surface area (Å²) in [5.41, 5.74) is 1.25. The fraction of sp³-hybridized carbons (Fsp3) is 0.455. The first-order valence-electron chi connectivity index (χ1n) is 4.69. The molecule has 0 atom stereocenters. The van der Waals surface area contributed by atoms with Crippen molar-refractivity contribution in [2.24, 2.45) is 0 Å². The molecular formula is C11H17NOS. The molecule has 14 heavy (non-hydrogen) atoms. The Kier molecular flexibility index (Phi) is 4.84. The molecule has 0 aliphatic rings. The average molecular weight is 211 g/mol. The lowest BCUT2D eigenvalue weighted by molar-refractivity contribution is 0.384. The monoisotopic (exact) mass is 211 g/mol. The first-order valence-corrected chi connectivity index (χ1v) is 5.32. The van der Waals surface area contributed by atoms with Crippen molar-refractivity contribution in [3.05, 3.63) is 29.8 Å². The topological polar surface area (TPSA) is 12.5 Å². The van der Waals surface area contributed by atoms with E-state index in [1.54, 1.807) is 7.11 Å². The minimum absolute atomic E-state index is 0.787. The summed E-state index contributed by atoms with van der Waals surface area (Å²) in [5.74, 6) is 1.76. The summed E-state index contributed by atoms with van der Waals surface area (Å²) in [7, 11) is 3.77. The molecule has 1 rings (SSSR count). The predicted molar refractivity (Wildman–Crippen MR) is 63.2 cm³/mol. The van der Waals surface area contributed by atoms with Crippen molar-refractivity contribution in [1.82, 2.24) is 4.90 Å². The van der Waals surface area contributed by atoms with E-state index < -0.39 is 0 Å². The Labute approximate surface area is 91.3 Å². The number of rotatable bonds is 5. The molecule has 0 saturated heterocycles. The molecule has 0 radical (unpaired) electrons.